The van der Waals surface area contributed by atoms with Gasteiger partial charge in [-0.2, -0.15) is 0 Å². The smallest absolute Gasteiger partial charge is 0.0373 e. The van der Waals surface area contributed by atoms with Crippen LogP contribution in [0, 0.1) is 5.92 Å². The second-order valence-electron chi connectivity index (χ2n) is 5.85. The van der Waals surface area contributed by atoms with Gasteiger partial charge >= 0.3 is 0 Å². The lowest BCUT2D eigenvalue weighted by molar-refractivity contribution is 0.647. The zero-order valence-electron chi connectivity index (χ0n) is 11.7. The molecule has 0 aromatic heterocycles. The molecule has 2 aromatic rings. The van der Waals surface area contributed by atoms with Crippen molar-refractivity contribution in [2.24, 2.45) is 5.92 Å². The summed E-state index contributed by atoms with van der Waals surface area (Å²) >= 11 is 0. The average Bonchev–Trinajstić information content (AvgIpc) is 2.85. The van der Waals surface area contributed by atoms with Gasteiger partial charge in [-0.1, -0.05) is 44.2 Å². The summed E-state index contributed by atoms with van der Waals surface area (Å²) in [6.07, 6.45) is 2.30. The molecule has 0 saturated heterocycles. The summed E-state index contributed by atoms with van der Waals surface area (Å²) in [6.45, 7) is 5.62. The second-order valence-corrected chi connectivity index (χ2v) is 5.85. The number of hydrogen-bond donors (Lipinski definition) is 1. The van der Waals surface area contributed by atoms with Crippen LogP contribution >= 0.6 is 0 Å². The highest BCUT2D eigenvalue weighted by Gasteiger charge is 2.10. The number of benzene rings is 2. The molecule has 19 heavy (non-hydrogen) atoms. The fourth-order valence-corrected chi connectivity index (χ4v) is 2.83. The van der Waals surface area contributed by atoms with E-state index in [1.54, 1.807) is 0 Å². The largest absolute Gasteiger partial charge is 0.384 e. The SMILES string of the molecule is CC(C)Cc1cccc(-c2ccc3c(c2)CCN3)c1. The maximum Gasteiger partial charge on any atom is 0.0373 e. The van der Waals surface area contributed by atoms with Crippen LogP contribution in [-0.4, -0.2) is 6.54 Å². The van der Waals surface area contributed by atoms with Crippen molar-refractivity contribution >= 4 is 5.69 Å². The Morgan fingerprint density at radius 1 is 1.05 bits per heavy atom. The Morgan fingerprint density at radius 3 is 2.74 bits per heavy atom. The summed E-state index contributed by atoms with van der Waals surface area (Å²) in [4.78, 5) is 0. The monoisotopic (exact) mass is 251 g/mol. The van der Waals surface area contributed by atoms with Crippen molar-refractivity contribution in [1.29, 1.82) is 0 Å². The molecule has 1 heterocycles. The lowest BCUT2D eigenvalue weighted by atomic mass is 9.97. The van der Waals surface area contributed by atoms with Crippen LogP contribution in [0.15, 0.2) is 42.5 Å². The normalized spacial score (nSPS) is 13.4. The van der Waals surface area contributed by atoms with Crippen LogP contribution in [0.25, 0.3) is 11.1 Å². The first-order chi connectivity index (χ1) is 9.22. The van der Waals surface area contributed by atoms with Crippen molar-refractivity contribution in [3.63, 3.8) is 0 Å². The van der Waals surface area contributed by atoms with Crippen LogP contribution in [0.1, 0.15) is 25.0 Å². The predicted octanol–water partition coefficient (Wildman–Crippen LogP) is 4.52. The van der Waals surface area contributed by atoms with E-state index in [4.69, 9.17) is 0 Å². The zero-order chi connectivity index (χ0) is 13.2. The van der Waals surface area contributed by atoms with Gasteiger partial charge in [0.05, 0.1) is 0 Å². The van der Waals surface area contributed by atoms with Crippen LogP contribution in [0.5, 0.6) is 0 Å². The van der Waals surface area contributed by atoms with Crippen LogP contribution in [-0.2, 0) is 12.8 Å². The standard InChI is InChI=1S/C18H21N/c1-13(2)10-14-4-3-5-15(11-14)16-6-7-18-17(12-16)8-9-19-18/h3-7,11-13,19H,8-10H2,1-2H3. The number of hydrogen-bond acceptors (Lipinski definition) is 1. The van der Waals surface area contributed by atoms with Gasteiger partial charge < -0.3 is 5.32 Å². The fourth-order valence-electron chi connectivity index (χ4n) is 2.83. The highest BCUT2D eigenvalue weighted by Crippen LogP contribution is 2.29. The Labute approximate surface area is 115 Å². The molecule has 2 aromatic carbocycles. The van der Waals surface area contributed by atoms with E-state index in [2.05, 4.69) is 61.6 Å². The maximum absolute atomic E-state index is 3.42. The topological polar surface area (TPSA) is 12.0 Å². The molecule has 0 fully saturated rings. The summed E-state index contributed by atoms with van der Waals surface area (Å²) in [7, 11) is 0. The van der Waals surface area contributed by atoms with E-state index >= 15 is 0 Å². The van der Waals surface area contributed by atoms with Crippen LogP contribution in [0.3, 0.4) is 0 Å². The molecule has 0 amide bonds. The number of rotatable bonds is 3. The lowest BCUT2D eigenvalue weighted by Crippen LogP contribution is -1.94. The Hall–Kier alpha value is -1.76. The Bertz CT molecular complexity index is 584. The highest BCUT2D eigenvalue weighted by atomic mass is 14.9. The van der Waals surface area contributed by atoms with E-state index in [1.807, 2.05) is 0 Å². The van der Waals surface area contributed by atoms with E-state index in [9.17, 15) is 0 Å². The third kappa shape index (κ3) is 2.65. The zero-order valence-corrected chi connectivity index (χ0v) is 11.7. The molecule has 1 aliphatic heterocycles. The van der Waals surface area contributed by atoms with E-state index < -0.39 is 0 Å². The summed E-state index contributed by atoms with van der Waals surface area (Å²) in [5.74, 6) is 0.708. The van der Waals surface area contributed by atoms with Crippen molar-refractivity contribution in [3.05, 3.63) is 53.6 Å². The molecule has 1 aliphatic rings. The third-order valence-corrected chi connectivity index (χ3v) is 3.72. The molecule has 0 spiro atoms. The lowest BCUT2D eigenvalue weighted by Gasteiger charge is -2.09. The summed E-state index contributed by atoms with van der Waals surface area (Å²) in [5.41, 5.74) is 6.88. The van der Waals surface area contributed by atoms with Gasteiger partial charge in [0, 0.05) is 12.2 Å². The van der Waals surface area contributed by atoms with Crippen LogP contribution in [0.4, 0.5) is 5.69 Å². The fraction of sp³-hybridized carbons (Fsp3) is 0.333. The molecular formula is C18H21N. The van der Waals surface area contributed by atoms with Crippen molar-refractivity contribution in [1.82, 2.24) is 0 Å². The van der Waals surface area contributed by atoms with Gasteiger partial charge in [-0.05, 0) is 53.1 Å². The van der Waals surface area contributed by atoms with E-state index in [0.29, 0.717) is 5.92 Å². The van der Waals surface area contributed by atoms with Crippen molar-refractivity contribution in [2.75, 3.05) is 11.9 Å². The number of nitrogens with one attached hydrogen (secondary N) is 1. The van der Waals surface area contributed by atoms with Gasteiger partial charge in [0.25, 0.3) is 0 Å². The summed E-state index contributed by atoms with van der Waals surface area (Å²) in [5, 5.41) is 3.42. The first-order valence-corrected chi connectivity index (χ1v) is 7.18. The minimum atomic E-state index is 0.708. The van der Waals surface area contributed by atoms with Gasteiger partial charge in [-0.15, -0.1) is 0 Å². The molecule has 1 N–H and O–H groups in total. The molecule has 1 heteroatoms. The molecule has 1 nitrogen and oxygen atoms in total. The second kappa shape index (κ2) is 5.08. The first-order valence-electron chi connectivity index (χ1n) is 7.18. The van der Waals surface area contributed by atoms with Gasteiger partial charge in [-0.3, -0.25) is 0 Å². The molecule has 0 radical (unpaired) electrons. The predicted molar refractivity (Wildman–Crippen MR) is 82.6 cm³/mol. The van der Waals surface area contributed by atoms with Crippen molar-refractivity contribution < 1.29 is 0 Å². The molecule has 0 aliphatic carbocycles. The third-order valence-electron chi connectivity index (χ3n) is 3.72. The van der Waals surface area contributed by atoms with Gasteiger partial charge in [0.1, 0.15) is 0 Å². The minimum absolute atomic E-state index is 0.708. The quantitative estimate of drug-likeness (QED) is 0.845. The van der Waals surface area contributed by atoms with Crippen molar-refractivity contribution in [3.8, 4) is 11.1 Å². The first kappa shape index (κ1) is 12.3. The maximum atomic E-state index is 3.42. The van der Waals surface area contributed by atoms with Gasteiger partial charge in [0.15, 0.2) is 0 Å². The van der Waals surface area contributed by atoms with Crippen molar-refractivity contribution in [2.45, 2.75) is 26.7 Å². The molecular weight excluding hydrogens is 230 g/mol. The molecule has 98 valence electrons. The molecule has 0 bridgehead atoms. The van der Waals surface area contributed by atoms with E-state index in [-0.39, 0.29) is 0 Å². The summed E-state index contributed by atoms with van der Waals surface area (Å²) < 4.78 is 0. The number of anilines is 1. The summed E-state index contributed by atoms with van der Waals surface area (Å²) in [6, 6.07) is 15.7. The molecule has 0 unspecified atom stereocenters. The average molecular weight is 251 g/mol. The van der Waals surface area contributed by atoms with Gasteiger partial charge in [0.2, 0.25) is 0 Å². The number of fused-ring (bicyclic) bond motifs is 1. The van der Waals surface area contributed by atoms with Crippen LogP contribution in [0.2, 0.25) is 0 Å². The Kier molecular flexibility index (Phi) is 3.29. The molecule has 3 rings (SSSR count). The van der Waals surface area contributed by atoms with E-state index in [1.165, 1.54) is 27.9 Å². The minimum Gasteiger partial charge on any atom is -0.384 e. The molecule has 0 saturated carbocycles. The Morgan fingerprint density at radius 2 is 1.89 bits per heavy atom. The Balaban J connectivity index is 1.93. The van der Waals surface area contributed by atoms with Crippen LogP contribution < -0.4 is 5.32 Å². The highest BCUT2D eigenvalue weighted by molar-refractivity contribution is 5.70. The molecule has 0 atom stereocenters. The van der Waals surface area contributed by atoms with Gasteiger partial charge in [-0.25, -0.2) is 0 Å². The van der Waals surface area contributed by atoms with E-state index in [0.717, 1.165) is 19.4 Å².